The molecular formula is C10H17O7P. The van der Waals surface area contributed by atoms with Gasteiger partial charge in [0.15, 0.2) is 0 Å². The van der Waals surface area contributed by atoms with Crippen LogP contribution in [0.15, 0.2) is 12.2 Å². The highest BCUT2D eigenvalue weighted by Gasteiger charge is 2.26. The SMILES string of the molecule is COC(=O)/C=C/CCOC(=O)CP(=O)(OC)OC. The Balaban J connectivity index is 3.88. The van der Waals surface area contributed by atoms with Crippen molar-refractivity contribution in [1.82, 2.24) is 0 Å². The van der Waals surface area contributed by atoms with Gasteiger partial charge in [-0.2, -0.15) is 0 Å². The van der Waals surface area contributed by atoms with E-state index in [-0.39, 0.29) is 6.61 Å². The summed E-state index contributed by atoms with van der Waals surface area (Å²) in [6.07, 6.45) is 2.64. The van der Waals surface area contributed by atoms with Gasteiger partial charge in [0.1, 0.15) is 6.16 Å². The van der Waals surface area contributed by atoms with Gasteiger partial charge in [-0.3, -0.25) is 9.36 Å². The normalized spacial score (nSPS) is 11.5. The van der Waals surface area contributed by atoms with E-state index < -0.39 is 25.7 Å². The predicted octanol–water partition coefficient (Wildman–Crippen LogP) is 1.13. The van der Waals surface area contributed by atoms with Crippen LogP contribution >= 0.6 is 7.60 Å². The third kappa shape index (κ3) is 7.21. The van der Waals surface area contributed by atoms with E-state index in [2.05, 4.69) is 13.8 Å². The molecule has 0 N–H and O–H groups in total. The lowest BCUT2D eigenvalue weighted by atomic mass is 10.4. The second-order valence-electron chi connectivity index (χ2n) is 3.07. The fraction of sp³-hybridized carbons (Fsp3) is 0.600. The van der Waals surface area contributed by atoms with E-state index in [4.69, 9.17) is 4.74 Å². The topological polar surface area (TPSA) is 88.1 Å². The molecule has 0 fully saturated rings. The molecule has 0 radical (unpaired) electrons. The van der Waals surface area contributed by atoms with E-state index in [1.165, 1.54) is 33.5 Å². The van der Waals surface area contributed by atoms with Gasteiger partial charge in [0.2, 0.25) is 0 Å². The predicted molar refractivity (Wildman–Crippen MR) is 63.2 cm³/mol. The molecule has 7 nitrogen and oxygen atoms in total. The smallest absolute Gasteiger partial charge is 0.341 e. The lowest BCUT2D eigenvalue weighted by molar-refractivity contribution is -0.140. The molecule has 0 saturated heterocycles. The monoisotopic (exact) mass is 280 g/mol. The Morgan fingerprint density at radius 3 is 2.28 bits per heavy atom. The van der Waals surface area contributed by atoms with Crippen LogP contribution in [-0.2, 0) is 32.7 Å². The van der Waals surface area contributed by atoms with Crippen molar-refractivity contribution < 1.29 is 32.7 Å². The van der Waals surface area contributed by atoms with E-state index in [0.717, 1.165) is 0 Å². The maximum absolute atomic E-state index is 11.6. The highest BCUT2D eigenvalue weighted by atomic mass is 31.2. The molecule has 0 amide bonds. The Morgan fingerprint density at radius 2 is 1.78 bits per heavy atom. The fourth-order valence-electron chi connectivity index (χ4n) is 0.896. The van der Waals surface area contributed by atoms with Crippen molar-refractivity contribution in [2.45, 2.75) is 6.42 Å². The zero-order valence-electron chi connectivity index (χ0n) is 10.6. The number of carbonyl (C=O) groups is 2. The number of hydrogen-bond acceptors (Lipinski definition) is 7. The Bertz CT molecular complexity index is 342. The molecule has 0 bridgehead atoms. The molecule has 8 heteroatoms. The van der Waals surface area contributed by atoms with E-state index >= 15 is 0 Å². The van der Waals surface area contributed by atoms with Crippen LogP contribution in [0.3, 0.4) is 0 Å². The summed E-state index contributed by atoms with van der Waals surface area (Å²) in [4.78, 5) is 21.9. The third-order valence-corrected chi connectivity index (χ3v) is 3.64. The van der Waals surface area contributed by atoms with Crippen molar-refractivity contribution in [2.24, 2.45) is 0 Å². The van der Waals surface area contributed by atoms with Gasteiger partial charge < -0.3 is 18.5 Å². The van der Waals surface area contributed by atoms with E-state index in [9.17, 15) is 14.2 Å². The molecule has 0 aromatic carbocycles. The molecule has 0 unspecified atom stereocenters. The highest BCUT2D eigenvalue weighted by Crippen LogP contribution is 2.45. The van der Waals surface area contributed by atoms with Gasteiger partial charge in [-0.1, -0.05) is 6.08 Å². The minimum absolute atomic E-state index is 0.0692. The maximum atomic E-state index is 11.6. The molecule has 0 aromatic heterocycles. The van der Waals surface area contributed by atoms with Gasteiger partial charge in [0.05, 0.1) is 13.7 Å². The van der Waals surface area contributed by atoms with Crippen molar-refractivity contribution in [1.29, 1.82) is 0 Å². The number of rotatable bonds is 8. The summed E-state index contributed by atoms with van der Waals surface area (Å²) >= 11 is 0. The summed E-state index contributed by atoms with van der Waals surface area (Å²) in [6.45, 7) is 0.0692. The molecule has 0 aliphatic heterocycles. The quantitative estimate of drug-likeness (QED) is 0.285. The summed E-state index contributed by atoms with van der Waals surface area (Å²) in [7, 11) is 0.266. The minimum atomic E-state index is -3.38. The van der Waals surface area contributed by atoms with Crippen LogP contribution in [0.25, 0.3) is 0 Å². The number of methoxy groups -OCH3 is 1. The van der Waals surface area contributed by atoms with Crippen LogP contribution in [0.2, 0.25) is 0 Å². The summed E-state index contributed by atoms with van der Waals surface area (Å²) in [5.41, 5.74) is 0. The van der Waals surface area contributed by atoms with E-state index in [0.29, 0.717) is 6.42 Å². The second kappa shape index (κ2) is 8.85. The standard InChI is InChI=1S/C10H17O7P/c1-14-9(11)6-4-5-7-17-10(12)8-18(13,15-2)16-3/h4,6H,5,7-8H2,1-3H3/b6-4+. The maximum Gasteiger partial charge on any atom is 0.341 e. The zero-order chi connectivity index (χ0) is 14.0. The first-order chi connectivity index (χ1) is 8.47. The zero-order valence-corrected chi connectivity index (χ0v) is 11.5. The van der Waals surface area contributed by atoms with Crippen LogP contribution in [-0.4, -0.2) is 46.0 Å². The molecule has 0 rings (SSSR count). The molecular weight excluding hydrogens is 263 g/mol. The van der Waals surface area contributed by atoms with Crippen molar-refractivity contribution in [2.75, 3.05) is 34.1 Å². The van der Waals surface area contributed by atoms with Crippen LogP contribution in [0.4, 0.5) is 0 Å². The first-order valence-electron chi connectivity index (χ1n) is 5.08. The Labute approximate surface area is 106 Å². The van der Waals surface area contributed by atoms with Gasteiger partial charge in [-0.15, -0.1) is 0 Å². The van der Waals surface area contributed by atoms with E-state index in [1.54, 1.807) is 0 Å². The first kappa shape index (κ1) is 16.8. The lowest BCUT2D eigenvalue weighted by Crippen LogP contribution is -2.12. The van der Waals surface area contributed by atoms with Crippen LogP contribution in [0, 0.1) is 0 Å². The number of hydrogen-bond donors (Lipinski definition) is 0. The van der Waals surface area contributed by atoms with Crippen LogP contribution < -0.4 is 0 Å². The van der Waals surface area contributed by atoms with Crippen molar-refractivity contribution in [3.05, 3.63) is 12.2 Å². The highest BCUT2D eigenvalue weighted by molar-refractivity contribution is 7.54. The summed E-state index contributed by atoms with van der Waals surface area (Å²) in [5, 5.41) is 0. The Kier molecular flexibility index (Phi) is 8.28. The van der Waals surface area contributed by atoms with Gasteiger partial charge in [0, 0.05) is 26.7 Å². The lowest BCUT2D eigenvalue weighted by Gasteiger charge is -2.12. The molecule has 0 saturated carbocycles. The molecule has 18 heavy (non-hydrogen) atoms. The molecule has 0 aromatic rings. The Morgan fingerprint density at radius 1 is 1.17 bits per heavy atom. The van der Waals surface area contributed by atoms with Crippen LogP contribution in [0.5, 0.6) is 0 Å². The summed E-state index contributed by atoms with van der Waals surface area (Å²) in [5.74, 6) is -1.17. The Hall–Kier alpha value is -1.17. The number of carbonyl (C=O) groups excluding carboxylic acids is 2. The van der Waals surface area contributed by atoms with Gasteiger partial charge in [-0.05, 0) is 0 Å². The van der Waals surface area contributed by atoms with Crippen LogP contribution in [0.1, 0.15) is 6.42 Å². The van der Waals surface area contributed by atoms with Crippen molar-refractivity contribution in [3.8, 4) is 0 Å². The summed E-state index contributed by atoms with van der Waals surface area (Å²) < 4.78 is 29.9. The van der Waals surface area contributed by atoms with Gasteiger partial charge in [-0.25, -0.2) is 4.79 Å². The van der Waals surface area contributed by atoms with E-state index in [1.807, 2.05) is 0 Å². The fourth-order valence-corrected chi connectivity index (χ4v) is 1.71. The molecule has 104 valence electrons. The summed E-state index contributed by atoms with van der Waals surface area (Å²) in [6, 6.07) is 0. The molecule has 0 aliphatic rings. The van der Waals surface area contributed by atoms with Gasteiger partial charge >= 0.3 is 19.5 Å². The van der Waals surface area contributed by atoms with Crippen molar-refractivity contribution >= 4 is 19.5 Å². The second-order valence-corrected chi connectivity index (χ2v) is 5.34. The number of ether oxygens (including phenoxy) is 2. The molecule has 0 atom stereocenters. The average molecular weight is 280 g/mol. The first-order valence-corrected chi connectivity index (χ1v) is 6.81. The third-order valence-electron chi connectivity index (χ3n) is 1.88. The largest absolute Gasteiger partial charge is 0.466 e. The van der Waals surface area contributed by atoms with Crippen molar-refractivity contribution in [3.63, 3.8) is 0 Å². The average Bonchev–Trinajstić information content (AvgIpc) is 2.37. The minimum Gasteiger partial charge on any atom is -0.466 e. The number of esters is 2. The molecule has 0 heterocycles. The van der Waals surface area contributed by atoms with Gasteiger partial charge in [0.25, 0.3) is 0 Å². The molecule has 0 spiro atoms. The molecule has 0 aliphatic carbocycles.